The largest absolute Gasteiger partial charge is 0.391 e. The molecular weight excluding hydrogens is 221 g/mol. The van der Waals surface area contributed by atoms with Crippen molar-refractivity contribution in [1.82, 2.24) is 4.98 Å². The van der Waals surface area contributed by atoms with Crippen LogP contribution in [0.2, 0.25) is 0 Å². The predicted octanol–water partition coefficient (Wildman–Crippen LogP) is 2.42. The maximum absolute atomic E-state index is 11.8. The molecule has 0 aliphatic heterocycles. The van der Waals surface area contributed by atoms with E-state index in [0.717, 1.165) is 0 Å². The summed E-state index contributed by atoms with van der Waals surface area (Å²) in [4.78, 5) is 3.73. The number of hydrogen-bond donors (Lipinski definition) is 0. The van der Waals surface area contributed by atoms with Crippen molar-refractivity contribution in [2.24, 2.45) is 0 Å². The van der Waals surface area contributed by atoms with E-state index in [1.165, 1.54) is 12.3 Å². The van der Waals surface area contributed by atoms with E-state index in [1.54, 1.807) is 6.07 Å². The molecule has 0 bridgehead atoms. The average Bonchev–Trinajstić information content (AvgIpc) is 2.23. The number of hydrogen-bond acceptors (Lipinski definition) is 3. The van der Waals surface area contributed by atoms with Crippen LogP contribution in [0, 0.1) is 11.3 Å². The Morgan fingerprint density at radius 1 is 1.44 bits per heavy atom. The predicted molar refractivity (Wildman–Crippen MR) is 49.3 cm³/mol. The van der Waals surface area contributed by atoms with E-state index < -0.39 is 12.6 Å². The Morgan fingerprint density at radius 2 is 2.19 bits per heavy atom. The lowest BCUT2D eigenvalue weighted by Gasteiger charge is -2.07. The van der Waals surface area contributed by atoms with Gasteiger partial charge in [-0.3, -0.25) is 0 Å². The first-order valence-corrected chi connectivity index (χ1v) is 4.51. The molecule has 1 heterocycles. The van der Waals surface area contributed by atoms with Gasteiger partial charge in [-0.25, -0.2) is 4.98 Å². The van der Waals surface area contributed by atoms with Crippen molar-refractivity contribution in [3.05, 3.63) is 29.6 Å². The third-order valence-electron chi connectivity index (χ3n) is 1.74. The molecule has 1 rings (SSSR count). The van der Waals surface area contributed by atoms with E-state index in [4.69, 9.17) is 10.00 Å². The second kappa shape index (κ2) is 5.47. The minimum atomic E-state index is -4.20. The molecule has 1 aromatic heterocycles. The van der Waals surface area contributed by atoms with Crippen LogP contribution in [0.25, 0.3) is 0 Å². The SMILES string of the molecule is N#Cc1cc(COCCC(F)(F)F)ccn1. The number of alkyl halides is 3. The van der Waals surface area contributed by atoms with E-state index in [2.05, 4.69) is 4.98 Å². The summed E-state index contributed by atoms with van der Waals surface area (Å²) in [6.07, 6.45) is -3.75. The van der Waals surface area contributed by atoms with E-state index >= 15 is 0 Å². The van der Waals surface area contributed by atoms with E-state index in [-0.39, 0.29) is 18.9 Å². The fourth-order valence-electron chi connectivity index (χ4n) is 1.00. The molecule has 1 aromatic rings. The van der Waals surface area contributed by atoms with E-state index in [0.29, 0.717) is 5.56 Å². The summed E-state index contributed by atoms with van der Waals surface area (Å²) in [5, 5.41) is 8.54. The topological polar surface area (TPSA) is 45.9 Å². The highest BCUT2D eigenvalue weighted by Gasteiger charge is 2.26. The molecule has 0 aliphatic rings. The van der Waals surface area contributed by atoms with Crippen molar-refractivity contribution in [3.8, 4) is 6.07 Å². The van der Waals surface area contributed by atoms with Crippen LogP contribution >= 0.6 is 0 Å². The van der Waals surface area contributed by atoms with Crippen molar-refractivity contribution in [2.45, 2.75) is 19.2 Å². The van der Waals surface area contributed by atoms with Gasteiger partial charge in [-0.1, -0.05) is 0 Å². The molecule has 0 fully saturated rings. The Bertz CT molecular complexity index is 384. The Morgan fingerprint density at radius 3 is 2.81 bits per heavy atom. The lowest BCUT2D eigenvalue weighted by Crippen LogP contribution is -2.11. The molecule has 0 aromatic carbocycles. The van der Waals surface area contributed by atoms with Gasteiger partial charge in [-0.05, 0) is 17.7 Å². The van der Waals surface area contributed by atoms with Gasteiger partial charge in [0.15, 0.2) is 0 Å². The van der Waals surface area contributed by atoms with E-state index in [9.17, 15) is 13.2 Å². The highest BCUT2D eigenvalue weighted by Crippen LogP contribution is 2.19. The quantitative estimate of drug-likeness (QED) is 0.746. The van der Waals surface area contributed by atoms with Crippen LogP contribution in [0.5, 0.6) is 0 Å². The van der Waals surface area contributed by atoms with Crippen molar-refractivity contribution in [1.29, 1.82) is 5.26 Å². The summed E-state index contributed by atoms with van der Waals surface area (Å²) in [5.74, 6) is 0. The Kier molecular flexibility index (Phi) is 4.26. The van der Waals surface area contributed by atoms with Crippen LogP contribution in [0.4, 0.5) is 13.2 Å². The monoisotopic (exact) mass is 230 g/mol. The van der Waals surface area contributed by atoms with Crippen LogP contribution < -0.4 is 0 Å². The van der Waals surface area contributed by atoms with Crippen LogP contribution in [-0.2, 0) is 11.3 Å². The summed E-state index contributed by atoms with van der Waals surface area (Å²) in [7, 11) is 0. The number of aromatic nitrogens is 1. The van der Waals surface area contributed by atoms with Crippen LogP contribution in [0.1, 0.15) is 17.7 Å². The van der Waals surface area contributed by atoms with E-state index in [1.807, 2.05) is 6.07 Å². The molecule has 0 N–H and O–H groups in total. The number of ether oxygens (including phenoxy) is 1. The van der Waals surface area contributed by atoms with Crippen molar-refractivity contribution < 1.29 is 17.9 Å². The van der Waals surface area contributed by atoms with Gasteiger partial charge < -0.3 is 4.74 Å². The number of halogens is 3. The van der Waals surface area contributed by atoms with Crippen LogP contribution in [-0.4, -0.2) is 17.8 Å². The Labute approximate surface area is 90.5 Å². The number of rotatable bonds is 4. The van der Waals surface area contributed by atoms with Gasteiger partial charge in [0.2, 0.25) is 0 Å². The lowest BCUT2D eigenvalue weighted by molar-refractivity contribution is -0.146. The highest BCUT2D eigenvalue weighted by molar-refractivity contribution is 5.24. The first-order chi connectivity index (χ1) is 7.51. The zero-order valence-electron chi connectivity index (χ0n) is 8.29. The van der Waals surface area contributed by atoms with Gasteiger partial charge >= 0.3 is 6.18 Å². The summed E-state index contributed by atoms with van der Waals surface area (Å²) in [6, 6.07) is 4.91. The fraction of sp³-hybridized carbons (Fsp3) is 0.400. The average molecular weight is 230 g/mol. The Balaban J connectivity index is 2.35. The molecule has 0 amide bonds. The summed E-state index contributed by atoms with van der Waals surface area (Å²) in [5.41, 5.74) is 0.852. The minimum absolute atomic E-state index is 0.0489. The summed E-state index contributed by atoms with van der Waals surface area (Å²) in [6.45, 7) is -0.332. The molecule has 86 valence electrons. The zero-order chi connectivity index (χ0) is 12.0. The lowest BCUT2D eigenvalue weighted by atomic mass is 10.2. The molecule has 6 heteroatoms. The maximum atomic E-state index is 11.8. The molecule has 3 nitrogen and oxygen atoms in total. The van der Waals surface area contributed by atoms with Gasteiger partial charge in [-0.15, -0.1) is 0 Å². The molecular formula is C10H9F3N2O. The van der Waals surface area contributed by atoms with Crippen molar-refractivity contribution in [2.75, 3.05) is 6.61 Å². The number of nitrogens with zero attached hydrogens (tertiary/aromatic N) is 2. The molecule has 0 saturated heterocycles. The Hall–Kier alpha value is -1.61. The summed E-state index contributed by atoms with van der Waals surface area (Å²) >= 11 is 0. The van der Waals surface area contributed by atoms with Gasteiger partial charge in [0, 0.05) is 6.20 Å². The van der Waals surface area contributed by atoms with Crippen LogP contribution in [0.15, 0.2) is 18.3 Å². The van der Waals surface area contributed by atoms with Crippen LogP contribution in [0.3, 0.4) is 0 Å². The second-order valence-corrected chi connectivity index (χ2v) is 3.08. The van der Waals surface area contributed by atoms with Gasteiger partial charge in [0.1, 0.15) is 11.8 Å². The van der Waals surface area contributed by atoms with Crippen molar-refractivity contribution >= 4 is 0 Å². The molecule has 16 heavy (non-hydrogen) atoms. The zero-order valence-corrected chi connectivity index (χ0v) is 8.29. The maximum Gasteiger partial charge on any atom is 0.391 e. The molecule has 0 aliphatic carbocycles. The van der Waals surface area contributed by atoms with Gasteiger partial charge in [-0.2, -0.15) is 18.4 Å². The standard InChI is InChI=1S/C10H9F3N2O/c11-10(12,13)2-4-16-7-8-1-3-15-9(5-8)6-14/h1,3,5H,2,4,7H2. The van der Waals surface area contributed by atoms with Gasteiger partial charge in [0.25, 0.3) is 0 Å². The molecule has 0 unspecified atom stereocenters. The molecule has 0 saturated carbocycles. The molecule has 0 atom stereocenters. The highest BCUT2D eigenvalue weighted by atomic mass is 19.4. The summed E-state index contributed by atoms with van der Waals surface area (Å²) < 4.78 is 40.1. The normalized spacial score (nSPS) is 11.1. The molecule has 0 radical (unpaired) electrons. The number of nitriles is 1. The third kappa shape index (κ3) is 4.75. The third-order valence-corrected chi connectivity index (χ3v) is 1.74. The first kappa shape index (κ1) is 12.5. The first-order valence-electron chi connectivity index (χ1n) is 4.51. The fourth-order valence-corrected chi connectivity index (χ4v) is 1.00. The second-order valence-electron chi connectivity index (χ2n) is 3.08. The molecule has 0 spiro atoms. The minimum Gasteiger partial charge on any atom is -0.376 e. The van der Waals surface area contributed by atoms with Crippen molar-refractivity contribution in [3.63, 3.8) is 0 Å². The number of pyridine rings is 1. The van der Waals surface area contributed by atoms with Gasteiger partial charge in [0.05, 0.1) is 19.6 Å². The smallest absolute Gasteiger partial charge is 0.376 e.